The number of nitrogen functional groups attached to an aromatic ring is 1. The quantitative estimate of drug-likeness (QED) is 0.549. The van der Waals surface area contributed by atoms with E-state index in [1.165, 1.54) is 0 Å². The highest BCUT2D eigenvalue weighted by atomic mass is 35.5. The van der Waals surface area contributed by atoms with Crippen LogP contribution in [0, 0.1) is 0 Å². The van der Waals surface area contributed by atoms with E-state index in [1.54, 1.807) is 29.3 Å². The Bertz CT molecular complexity index is 1120. The molecule has 3 aromatic rings. The smallest absolute Gasteiger partial charge is 0.253 e. The molecular weight excluding hydrogens is 447 g/mol. The molecule has 1 amide bonds. The van der Waals surface area contributed by atoms with Crippen molar-refractivity contribution in [1.82, 2.24) is 9.88 Å². The summed E-state index contributed by atoms with van der Waals surface area (Å²) in [5.41, 5.74) is 15.0. The van der Waals surface area contributed by atoms with Gasteiger partial charge in [-0.3, -0.25) is 4.79 Å². The van der Waals surface area contributed by atoms with Crippen LogP contribution < -0.4 is 16.2 Å². The van der Waals surface area contributed by atoms with Gasteiger partial charge in [0, 0.05) is 52.1 Å². The van der Waals surface area contributed by atoms with E-state index < -0.39 is 6.10 Å². The number of carbonyl (C=O) groups excluding carboxylic acids is 1. The van der Waals surface area contributed by atoms with Crippen LogP contribution in [-0.4, -0.2) is 34.9 Å². The Kier molecular flexibility index (Phi) is 6.55. The molecule has 4 N–H and O–H groups in total. The van der Waals surface area contributed by atoms with Crippen LogP contribution in [0.25, 0.3) is 11.1 Å². The van der Waals surface area contributed by atoms with Gasteiger partial charge in [-0.25, -0.2) is 4.98 Å². The number of anilines is 1. The molecule has 1 aliphatic heterocycles. The minimum absolute atomic E-state index is 0.00519. The number of hydrogen-bond donors (Lipinski definition) is 2. The predicted molar refractivity (Wildman–Crippen MR) is 128 cm³/mol. The number of halogens is 2. The minimum atomic E-state index is -0.428. The second-order valence-corrected chi connectivity index (χ2v) is 8.69. The number of hydrogen-bond acceptors (Lipinski definition) is 5. The molecule has 0 radical (unpaired) electrons. The molecule has 0 aliphatic carbocycles. The molecule has 2 unspecified atom stereocenters. The molecule has 0 spiro atoms. The van der Waals surface area contributed by atoms with Crippen molar-refractivity contribution in [3.05, 3.63) is 75.9 Å². The topological polar surface area (TPSA) is 94.5 Å². The standard InChI is InChI=1S/C24H24Cl2N4O2/c1-14(22-19(25)3-2-4-20(22)26)32-21-11-17(12-29-23(21)28)15-5-7-16(8-6-15)24(31)30-10-9-18(27)13-30/h2-8,11-12,14,18H,9-10,13,27H2,1H3,(H2,28,29). The third-order valence-electron chi connectivity index (χ3n) is 5.57. The molecule has 2 atom stereocenters. The number of aromatic nitrogens is 1. The highest BCUT2D eigenvalue weighted by molar-refractivity contribution is 6.36. The van der Waals surface area contributed by atoms with E-state index in [0.29, 0.717) is 40.0 Å². The zero-order chi connectivity index (χ0) is 22.8. The fourth-order valence-electron chi connectivity index (χ4n) is 3.82. The maximum Gasteiger partial charge on any atom is 0.253 e. The van der Waals surface area contributed by atoms with Crippen LogP contribution in [0.5, 0.6) is 5.75 Å². The van der Waals surface area contributed by atoms with Gasteiger partial charge >= 0.3 is 0 Å². The van der Waals surface area contributed by atoms with Crippen LogP contribution in [0.3, 0.4) is 0 Å². The summed E-state index contributed by atoms with van der Waals surface area (Å²) in [7, 11) is 0. The summed E-state index contributed by atoms with van der Waals surface area (Å²) in [6.45, 7) is 3.14. The van der Waals surface area contributed by atoms with Gasteiger partial charge < -0.3 is 21.1 Å². The van der Waals surface area contributed by atoms with E-state index in [9.17, 15) is 4.79 Å². The fraction of sp³-hybridized carbons (Fsp3) is 0.250. The van der Waals surface area contributed by atoms with Gasteiger partial charge in [0.25, 0.3) is 5.91 Å². The first-order valence-corrected chi connectivity index (χ1v) is 11.1. The number of ether oxygens (including phenoxy) is 1. The second kappa shape index (κ2) is 9.36. The van der Waals surface area contributed by atoms with E-state index in [-0.39, 0.29) is 17.8 Å². The lowest BCUT2D eigenvalue weighted by Gasteiger charge is -2.19. The van der Waals surface area contributed by atoms with Gasteiger partial charge in [0.1, 0.15) is 6.10 Å². The van der Waals surface area contributed by atoms with Crippen LogP contribution in [-0.2, 0) is 0 Å². The molecule has 6 nitrogen and oxygen atoms in total. The Morgan fingerprint density at radius 1 is 1.16 bits per heavy atom. The van der Waals surface area contributed by atoms with Crippen LogP contribution in [0.1, 0.15) is 35.4 Å². The zero-order valence-corrected chi connectivity index (χ0v) is 19.1. The van der Waals surface area contributed by atoms with Gasteiger partial charge in [0.2, 0.25) is 0 Å². The number of rotatable bonds is 5. The van der Waals surface area contributed by atoms with E-state index in [2.05, 4.69) is 4.98 Å². The number of pyridine rings is 1. The van der Waals surface area contributed by atoms with Gasteiger partial charge in [0.15, 0.2) is 11.6 Å². The predicted octanol–water partition coefficient (Wildman–Crippen LogP) is 4.95. The van der Waals surface area contributed by atoms with Crippen molar-refractivity contribution in [3.8, 4) is 16.9 Å². The zero-order valence-electron chi connectivity index (χ0n) is 17.6. The fourth-order valence-corrected chi connectivity index (χ4v) is 4.52. The van der Waals surface area contributed by atoms with Gasteiger partial charge in [-0.2, -0.15) is 0 Å². The van der Waals surface area contributed by atoms with Crippen molar-refractivity contribution in [3.63, 3.8) is 0 Å². The minimum Gasteiger partial charge on any atom is -0.482 e. The first kappa shape index (κ1) is 22.4. The molecule has 8 heteroatoms. The lowest BCUT2D eigenvalue weighted by molar-refractivity contribution is 0.0791. The molecule has 1 aliphatic rings. The van der Waals surface area contributed by atoms with Crippen LogP contribution >= 0.6 is 23.2 Å². The van der Waals surface area contributed by atoms with Crippen molar-refractivity contribution in [2.75, 3.05) is 18.8 Å². The summed E-state index contributed by atoms with van der Waals surface area (Å²) < 4.78 is 6.07. The number of carbonyl (C=O) groups is 1. The van der Waals surface area contributed by atoms with E-state index >= 15 is 0 Å². The maximum atomic E-state index is 12.7. The highest BCUT2D eigenvalue weighted by Crippen LogP contribution is 2.35. The number of benzene rings is 2. The first-order chi connectivity index (χ1) is 15.3. The molecule has 2 heterocycles. The van der Waals surface area contributed by atoms with Gasteiger partial charge in [-0.05, 0) is 49.2 Å². The molecule has 4 rings (SSSR count). The molecule has 0 bridgehead atoms. The Morgan fingerprint density at radius 3 is 2.47 bits per heavy atom. The van der Waals surface area contributed by atoms with Crippen molar-refractivity contribution in [2.45, 2.75) is 25.5 Å². The molecule has 1 aromatic heterocycles. The molecule has 0 saturated carbocycles. The van der Waals surface area contributed by atoms with Gasteiger partial charge in [-0.15, -0.1) is 0 Å². The van der Waals surface area contributed by atoms with Crippen LogP contribution in [0.2, 0.25) is 10.0 Å². The lowest BCUT2D eigenvalue weighted by atomic mass is 10.0. The normalized spacial score (nSPS) is 16.8. The van der Waals surface area contributed by atoms with Crippen LogP contribution in [0.4, 0.5) is 5.82 Å². The average Bonchev–Trinajstić information content (AvgIpc) is 3.21. The highest BCUT2D eigenvalue weighted by Gasteiger charge is 2.24. The summed E-state index contributed by atoms with van der Waals surface area (Å²) in [6, 6.07) is 14.6. The first-order valence-electron chi connectivity index (χ1n) is 10.3. The monoisotopic (exact) mass is 470 g/mol. The van der Waals surface area contributed by atoms with Crippen molar-refractivity contribution in [2.24, 2.45) is 5.73 Å². The SMILES string of the molecule is CC(Oc1cc(-c2ccc(C(=O)N3CCC(N)C3)cc2)cnc1N)c1c(Cl)cccc1Cl. The molecular formula is C24H24Cl2N4O2. The summed E-state index contributed by atoms with van der Waals surface area (Å²) in [4.78, 5) is 18.7. The largest absolute Gasteiger partial charge is 0.482 e. The Hall–Kier alpha value is -2.80. The molecule has 166 valence electrons. The molecule has 1 fully saturated rings. The van der Waals surface area contributed by atoms with Crippen molar-refractivity contribution in [1.29, 1.82) is 0 Å². The van der Waals surface area contributed by atoms with Crippen molar-refractivity contribution >= 4 is 34.9 Å². The Morgan fingerprint density at radius 2 is 1.84 bits per heavy atom. The van der Waals surface area contributed by atoms with Crippen molar-refractivity contribution < 1.29 is 9.53 Å². The summed E-state index contributed by atoms with van der Waals surface area (Å²) >= 11 is 12.6. The third kappa shape index (κ3) is 4.67. The maximum absolute atomic E-state index is 12.7. The molecule has 2 aromatic carbocycles. The number of amides is 1. The molecule has 32 heavy (non-hydrogen) atoms. The van der Waals surface area contributed by atoms with E-state index in [1.807, 2.05) is 37.3 Å². The van der Waals surface area contributed by atoms with Gasteiger partial charge in [-0.1, -0.05) is 41.4 Å². The van der Waals surface area contributed by atoms with E-state index in [4.69, 9.17) is 39.4 Å². The Balaban J connectivity index is 1.54. The number of nitrogens with two attached hydrogens (primary N) is 2. The summed E-state index contributed by atoms with van der Waals surface area (Å²) in [5, 5.41) is 1.04. The molecule has 1 saturated heterocycles. The lowest BCUT2D eigenvalue weighted by Crippen LogP contribution is -2.31. The summed E-state index contributed by atoms with van der Waals surface area (Å²) in [6.07, 6.45) is 2.08. The van der Waals surface area contributed by atoms with Crippen LogP contribution in [0.15, 0.2) is 54.7 Å². The summed E-state index contributed by atoms with van der Waals surface area (Å²) in [5.74, 6) is 0.688. The van der Waals surface area contributed by atoms with E-state index in [0.717, 1.165) is 17.5 Å². The second-order valence-electron chi connectivity index (χ2n) is 7.88. The van der Waals surface area contributed by atoms with Gasteiger partial charge in [0.05, 0.1) is 0 Å². The number of nitrogens with zero attached hydrogens (tertiary/aromatic N) is 2. The average molecular weight is 471 g/mol. The number of likely N-dealkylation sites (tertiary alicyclic amines) is 1. The Labute approximate surface area is 197 Å². The third-order valence-corrected chi connectivity index (χ3v) is 6.23.